The van der Waals surface area contributed by atoms with E-state index in [1.165, 1.54) is 24.4 Å². The highest BCUT2D eigenvalue weighted by atomic mass is 19.1. The molecule has 27 heavy (non-hydrogen) atoms. The number of anilines is 2. The highest BCUT2D eigenvalue weighted by molar-refractivity contribution is 5.94. The quantitative estimate of drug-likeness (QED) is 0.770. The van der Waals surface area contributed by atoms with Gasteiger partial charge in [0.05, 0.1) is 17.9 Å². The topological polar surface area (TPSA) is 48.9 Å². The first-order valence-corrected chi connectivity index (χ1v) is 8.90. The van der Waals surface area contributed by atoms with Crippen molar-refractivity contribution in [1.29, 1.82) is 0 Å². The first kappa shape index (κ1) is 17.5. The van der Waals surface area contributed by atoms with Crippen molar-refractivity contribution in [2.75, 3.05) is 42.6 Å². The van der Waals surface area contributed by atoms with Gasteiger partial charge in [0, 0.05) is 32.2 Å². The third-order valence-electron chi connectivity index (χ3n) is 4.89. The van der Waals surface area contributed by atoms with Crippen LogP contribution in [0.4, 0.5) is 25.1 Å². The number of carbonyl (C=O) groups is 1. The molecule has 6 nitrogen and oxygen atoms in total. The molecule has 4 rings (SSSR count). The van der Waals surface area contributed by atoms with Crippen LogP contribution in [0, 0.1) is 11.6 Å². The smallest absolute Gasteiger partial charge is 0.325 e. The Balaban J connectivity index is 1.47. The number of fused-ring (bicyclic) bond motifs is 1. The van der Waals surface area contributed by atoms with Crippen molar-refractivity contribution in [1.82, 2.24) is 9.88 Å². The molecule has 1 atom stereocenters. The van der Waals surface area contributed by atoms with E-state index in [1.807, 2.05) is 11.8 Å². The minimum Gasteiger partial charge on any atom is -0.489 e. The van der Waals surface area contributed by atoms with Crippen LogP contribution in [0.25, 0.3) is 0 Å². The van der Waals surface area contributed by atoms with Crippen LogP contribution in [-0.4, -0.2) is 54.7 Å². The van der Waals surface area contributed by atoms with Crippen molar-refractivity contribution >= 4 is 17.5 Å². The number of rotatable bonds is 1. The molecule has 1 fully saturated rings. The summed E-state index contributed by atoms with van der Waals surface area (Å²) < 4.78 is 32.1. The largest absolute Gasteiger partial charge is 0.489 e. The zero-order chi connectivity index (χ0) is 19.0. The summed E-state index contributed by atoms with van der Waals surface area (Å²) in [6.07, 6.45) is 1.19. The lowest BCUT2D eigenvalue weighted by molar-refractivity contribution is 0.190. The summed E-state index contributed by atoms with van der Waals surface area (Å²) in [7, 11) is 0. The minimum absolute atomic E-state index is 0.120. The molecule has 1 unspecified atom stereocenters. The fourth-order valence-corrected chi connectivity index (χ4v) is 3.45. The number of urea groups is 1. The first-order valence-electron chi connectivity index (χ1n) is 8.90. The predicted molar refractivity (Wildman–Crippen MR) is 97.2 cm³/mol. The molecule has 0 radical (unpaired) electrons. The highest BCUT2D eigenvalue weighted by Crippen LogP contribution is 2.35. The Morgan fingerprint density at radius 2 is 1.85 bits per heavy atom. The Morgan fingerprint density at radius 1 is 1.11 bits per heavy atom. The predicted octanol–water partition coefficient (Wildman–Crippen LogP) is 2.89. The van der Waals surface area contributed by atoms with Gasteiger partial charge in [-0.25, -0.2) is 18.6 Å². The van der Waals surface area contributed by atoms with Crippen LogP contribution in [0.15, 0.2) is 36.5 Å². The van der Waals surface area contributed by atoms with E-state index in [4.69, 9.17) is 4.74 Å². The van der Waals surface area contributed by atoms with Crippen LogP contribution < -0.4 is 14.5 Å². The summed E-state index contributed by atoms with van der Waals surface area (Å²) in [6.45, 7) is 4.50. The van der Waals surface area contributed by atoms with E-state index in [1.54, 1.807) is 21.9 Å². The summed E-state index contributed by atoms with van der Waals surface area (Å²) >= 11 is 0. The average molecular weight is 374 g/mol. The van der Waals surface area contributed by atoms with Gasteiger partial charge in [-0.05, 0) is 31.2 Å². The first-order chi connectivity index (χ1) is 13.0. The van der Waals surface area contributed by atoms with Crippen molar-refractivity contribution < 1.29 is 18.3 Å². The van der Waals surface area contributed by atoms with Crippen LogP contribution in [-0.2, 0) is 0 Å². The molecule has 8 heteroatoms. The molecule has 0 aliphatic carbocycles. The highest BCUT2D eigenvalue weighted by Gasteiger charge is 2.34. The Bertz CT molecular complexity index is 838. The second-order valence-electron chi connectivity index (χ2n) is 6.73. The summed E-state index contributed by atoms with van der Waals surface area (Å²) in [5, 5.41) is 0. The lowest BCUT2D eigenvalue weighted by Gasteiger charge is -2.41. The number of aromatic nitrogens is 1. The number of hydrogen-bond donors (Lipinski definition) is 0. The van der Waals surface area contributed by atoms with E-state index >= 15 is 0 Å². The molecule has 142 valence electrons. The van der Waals surface area contributed by atoms with Gasteiger partial charge in [-0.3, -0.25) is 4.90 Å². The maximum absolute atomic E-state index is 13.5. The summed E-state index contributed by atoms with van der Waals surface area (Å²) in [5.74, 6) is 0.319. The Kier molecular flexibility index (Phi) is 4.55. The number of carbonyl (C=O) groups excluding carboxylic acids is 1. The van der Waals surface area contributed by atoms with Gasteiger partial charge < -0.3 is 14.5 Å². The number of nitrogens with zero attached hydrogens (tertiary/aromatic N) is 4. The number of pyridine rings is 1. The summed E-state index contributed by atoms with van der Waals surface area (Å²) in [5.41, 5.74) is 0.586. The van der Waals surface area contributed by atoms with Gasteiger partial charge in [-0.2, -0.15) is 0 Å². The molecule has 2 aliphatic rings. The average Bonchev–Trinajstić information content (AvgIpc) is 2.68. The van der Waals surface area contributed by atoms with Crippen molar-refractivity contribution in [3.63, 3.8) is 0 Å². The van der Waals surface area contributed by atoms with Crippen molar-refractivity contribution in [3.8, 4) is 5.75 Å². The molecule has 2 aromatic rings. The number of hydrogen-bond acceptors (Lipinski definition) is 4. The maximum atomic E-state index is 13.5. The molecule has 1 aromatic heterocycles. The molecule has 0 bridgehead atoms. The Hall–Kier alpha value is -2.90. The van der Waals surface area contributed by atoms with Crippen molar-refractivity contribution in [2.45, 2.75) is 13.0 Å². The monoisotopic (exact) mass is 374 g/mol. The maximum Gasteiger partial charge on any atom is 0.325 e. The van der Waals surface area contributed by atoms with Gasteiger partial charge in [-0.1, -0.05) is 0 Å². The van der Waals surface area contributed by atoms with Gasteiger partial charge in [-0.15, -0.1) is 0 Å². The minimum atomic E-state index is -0.392. The van der Waals surface area contributed by atoms with Crippen LogP contribution >= 0.6 is 0 Å². The normalized spacial score (nSPS) is 19.5. The SMILES string of the molecule is CC1COc2cc(F)ccc2N1C(=O)N1CCN(c2ccc(F)cn2)CC1. The second-order valence-corrected chi connectivity index (χ2v) is 6.73. The van der Waals surface area contributed by atoms with E-state index < -0.39 is 5.82 Å². The number of amides is 2. The molecular formula is C19H20F2N4O2. The van der Waals surface area contributed by atoms with Crippen LogP contribution in [0.3, 0.4) is 0 Å². The zero-order valence-corrected chi connectivity index (χ0v) is 14.9. The molecule has 0 spiro atoms. The van der Waals surface area contributed by atoms with Gasteiger partial charge >= 0.3 is 6.03 Å². The number of ether oxygens (including phenoxy) is 1. The second kappa shape index (κ2) is 7.02. The zero-order valence-electron chi connectivity index (χ0n) is 14.9. The van der Waals surface area contributed by atoms with Gasteiger partial charge in [0.15, 0.2) is 0 Å². The molecule has 2 aliphatic heterocycles. The molecule has 0 saturated carbocycles. The van der Waals surface area contributed by atoms with E-state index in [0.29, 0.717) is 50.0 Å². The Morgan fingerprint density at radius 3 is 2.56 bits per heavy atom. The number of halogens is 2. The molecule has 3 heterocycles. The molecular weight excluding hydrogens is 354 g/mol. The van der Waals surface area contributed by atoms with Gasteiger partial charge in [0.2, 0.25) is 0 Å². The number of benzene rings is 1. The van der Waals surface area contributed by atoms with Crippen molar-refractivity contribution in [3.05, 3.63) is 48.2 Å². The standard InChI is InChI=1S/C19H20F2N4O2/c1-13-12-27-17-10-14(20)2-4-16(17)25(13)19(26)24-8-6-23(7-9-24)18-5-3-15(21)11-22-18/h2-5,10-11,13H,6-9,12H2,1H3. The van der Waals surface area contributed by atoms with Crippen LogP contribution in [0.1, 0.15) is 6.92 Å². The van der Waals surface area contributed by atoms with Crippen LogP contribution in [0.5, 0.6) is 5.75 Å². The van der Waals surface area contributed by atoms with Crippen LogP contribution in [0.2, 0.25) is 0 Å². The fourth-order valence-electron chi connectivity index (χ4n) is 3.45. The van der Waals surface area contributed by atoms with Gasteiger partial charge in [0.1, 0.15) is 29.8 Å². The summed E-state index contributed by atoms with van der Waals surface area (Å²) in [4.78, 5) is 22.7. The third-order valence-corrected chi connectivity index (χ3v) is 4.89. The lowest BCUT2D eigenvalue weighted by Crippen LogP contribution is -2.56. The lowest BCUT2D eigenvalue weighted by atomic mass is 10.1. The molecule has 1 aromatic carbocycles. The van der Waals surface area contributed by atoms with E-state index in [2.05, 4.69) is 4.98 Å². The van der Waals surface area contributed by atoms with E-state index in [9.17, 15) is 13.6 Å². The number of piperazine rings is 1. The molecule has 1 saturated heterocycles. The van der Waals surface area contributed by atoms with Crippen molar-refractivity contribution in [2.24, 2.45) is 0 Å². The van der Waals surface area contributed by atoms with E-state index in [0.717, 1.165) is 0 Å². The van der Waals surface area contributed by atoms with E-state index in [-0.39, 0.29) is 17.9 Å². The molecule has 0 N–H and O–H groups in total. The Labute approximate surface area is 156 Å². The fraction of sp³-hybridized carbons (Fsp3) is 0.368. The molecule has 2 amide bonds. The third kappa shape index (κ3) is 3.39. The van der Waals surface area contributed by atoms with Gasteiger partial charge in [0.25, 0.3) is 0 Å². The summed E-state index contributed by atoms with van der Waals surface area (Å²) in [6, 6.07) is 6.97.